The van der Waals surface area contributed by atoms with Crippen molar-refractivity contribution in [2.75, 3.05) is 0 Å². The van der Waals surface area contributed by atoms with E-state index in [1.54, 1.807) is 49.6 Å². The zero-order chi connectivity index (χ0) is 79.7. The van der Waals surface area contributed by atoms with Gasteiger partial charge >= 0.3 is 0 Å². The summed E-state index contributed by atoms with van der Waals surface area (Å²) in [5.74, 6) is 0. The van der Waals surface area contributed by atoms with E-state index in [9.17, 15) is 0 Å². The van der Waals surface area contributed by atoms with Crippen molar-refractivity contribution in [1.82, 2.24) is 79.7 Å². The Morgan fingerprint density at radius 2 is 0.308 bits per heavy atom. The fraction of sp³-hybridized carbons (Fsp3) is 0. The van der Waals surface area contributed by atoms with Crippen molar-refractivity contribution >= 4 is 46.4 Å². The number of hydrogen-bond donors (Lipinski definition) is 2. The molecule has 17 heterocycles. The predicted octanol–water partition coefficient (Wildman–Crippen LogP) is 24.1. The van der Waals surface area contributed by atoms with Gasteiger partial charge in [0.1, 0.15) is 0 Å². The van der Waals surface area contributed by atoms with Crippen LogP contribution in [0.15, 0.2) is 365 Å². The molecule has 0 radical (unpaired) electrons. The van der Waals surface area contributed by atoms with Crippen LogP contribution in [0.1, 0.15) is 22.8 Å². The summed E-state index contributed by atoms with van der Waals surface area (Å²) in [4.78, 5) is 78.0. The first-order valence-corrected chi connectivity index (χ1v) is 39.4. The van der Waals surface area contributed by atoms with E-state index in [4.69, 9.17) is 69.8 Å². The highest BCUT2D eigenvalue weighted by Crippen LogP contribution is 2.43. The number of aromatic amines is 2. The van der Waals surface area contributed by atoms with E-state index in [2.05, 4.69) is 204 Å². The van der Waals surface area contributed by atoms with Crippen LogP contribution in [0.5, 0.6) is 0 Å². The Bertz CT molecular complexity index is 6200. The topological polar surface area (TPSA) is 212 Å². The second kappa shape index (κ2) is 31.2. The first-order chi connectivity index (χ1) is 59.4. The number of aromatic nitrogens is 16. The van der Waals surface area contributed by atoms with Crippen molar-refractivity contribution < 1.29 is 0 Å². The highest BCUT2D eigenvalue weighted by atomic mass is 14.9. The summed E-state index contributed by atoms with van der Waals surface area (Å²) in [5, 5.41) is 0. The molecule has 0 saturated heterocycles. The van der Waals surface area contributed by atoms with E-state index in [0.29, 0.717) is 0 Å². The number of nitrogens with one attached hydrogen (secondary N) is 2. The van der Waals surface area contributed by atoms with Gasteiger partial charge in [-0.05, 0) is 261 Å². The molecule has 0 amide bonds. The van der Waals surface area contributed by atoms with E-state index in [-0.39, 0.29) is 0 Å². The first-order valence-electron chi connectivity index (χ1n) is 39.4. The zero-order valence-corrected chi connectivity index (χ0v) is 64.2. The summed E-state index contributed by atoms with van der Waals surface area (Å²) in [6.07, 6.45) is 22.9. The van der Waals surface area contributed by atoms with Gasteiger partial charge in [0.25, 0.3) is 0 Å². The van der Waals surface area contributed by atoms with Crippen LogP contribution < -0.4 is 0 Å². The minimum Gasteiger partial charge on any atom is -0.354 e. The summed E-state index contributed by atoms with van der Waals surface area (Å²) in [7, 11) is 0. The molecule has 0 spiro atoms. The summed E-state index contributed by atoms with van der Waals surface area (Å²) in [5.41, 5.74) is 33.5. The normalized spacial score (nSPS) is 11.6. The zero-order valence-electron chi connectivity index (χ0n) is 64.2. The van der Waals surface area contributed by atoms with Gasteiger partial charge in [0.2, 0.25) is 0 Å². The number of rotatable bonds is 16. The second-order valence-electron chi connectivity index (χ2n) is 29.0. The van der Waals surface area contributed by atoms with Crippen molar-refractivity contribution in [1.29, 1.82) is 0 Å². The highest BCUT2D eigenvalue weighted by Gasteiger charge is 2.23. The Balaban J connectivity index is 0.777. The van der Waals surface area contributed by atoms with E-state index < -0.39 is 0 Å². The van der Waals surface area contributed by atoms with E-state index in [1.807, 2.05) is 146 Å². The molecule has 2 N–H and O–H groups in total. The number of H-pyrrole nitrogens is 2. The van der Waals surface area contributed by atoms with Gasteiger partial charge in [0, 0.05) is 93.9 Å². The second-order valence-corrected chi connectivity index (χ2v) is 29.0. The molecule has 0 unspecified atom stereocenters. The maximum absolute atomic E-state index is 5.80. The van der Waals surface area contributed by atoms with Gasteiger partial charge in [-0.15, -0.1) is 0 Å². The van der Waals surface area contributed by atoms with Gasteiger partial charge in [0.15, 0.2) is 0 Å². The minimum absolute atomic E-state index is 0.738. The van der Waals surface area contributed by atoms with Crippen LogP contribution in [0.2, 0.25) is 0 Å². The Morgan fingerprint density at radius 1 is 0.142 bits per heavy atom. The summed E-state index contributed by atoms with van der Waals surface area (Å²) < 4.78 is 0. The van der Waals surface area contributed by atoms with Gasteiger partial charge in [-0.1, -0.05) is 146 Å². The molecule has 19 aromatic rings. The standard InChI is InChI=1S/C104H66N16/c1-9-49-105-77(17-1)93-57-73(58-94(117-93)78-18-2-10-50-106-78)65-25-33-69(34-26-65)101-85-41-43-87(113-85)102(70-35-27-66(28-36-70)74-59-95(79-19-3-11-51-107-79)118-96(60-74)80-20-4-12-52-108-80)89-45-47-91(115-89)104(72-39-31-68(32-40-72)76-63-99(83-23-7-15-55-111-83)120-100(64-76)84-24-8-16-56-112-84)92-48-46-90(116-92)103(88-44-42-86(101)114-88)71-37-29-67(30-38-71)75-61-97(81-21-5-13-53-109-81)119-98(62-75)82-22-6-14-54-110-82/h1-64,113,116H. The quantitative estimate of drug-likeness (QED) is 0.0921. The van der Waals surface area contributed by atoms with Crippen molar-refractivity contribution in [2.24, 2.45) is 0 Å². The van der Waals surface area contributed by atoms with Gasteiger partial charge in [0.05, 0.1) is 114 Å². The molecule has 8 bridgehead atoms. The molecule has 120 heavy (non-hydrogen) atoms. The maximum atomic E-state index is 5.80. The molecule has 0 aliphatic carbocycles. The third kappa shape index (κ3) is 14.3. The molecule has 2 aliphatic heterocycles. The fourth-order valence-corrected chi connectivity index (χ4v) is 15.7. The van der Waals surface area contributed by atoms with Crippen LogP contribution in [0.4, 0.5) is 0 Å². The average Bonchev–Trinajstić information content (AvgIpc) is 1.51. The first kappa shape index (κ1) is 71.1. The molecule has 16 nitrogen and oxygen atoms in total. The van der Waals surface area contributed by atoms with Gasteiger partial charge in [-0.2, -0.15) is 0 Å². The summed E-state index contributed by atoms with van der Waals surface area (Å²) in [6, 6.07) is 107. The molecular weight excluding hydrogens is 1470 g/mol. The number of hydrogen-bond acceptors (Lipinski definition) is 14. The van der Waals surface area contributed by atoms with Crippen LogP contribution in [0.25, 0.3) is 226 Å². The molecule has 2 aliphatic rings. The molecular formula is C104H66N16. The summed E-state index contributed by atoms with van der Waals surface area (Å²) in [6.45, 7) is 0. The van der Waals surface area contributed by atoms with Crippen LogP contribution in [0, 0.1) is 0 Å². The van der Waals surface area contributed by atoms with Crippen LogP contribution in [0.3, 0.4) is 0 Å². The molecule has 15 aromatic heterocycles. The smallest absolute Gasteiger partial charge is 0.0900 e. The predicted molar refractivity (Wildman–Crippen MR) is 479 cm³/mol. The van der Waals surface area contributed by atoms with E-state index >= 15 is 0 Å². The lowest BCUT2D eigenvalue weighted by Gasteiger charge is -2.11. The Kier molecular flexibility index (Phi) is 18.5. The van der Waals surface area contributed by atoms with Gasteiger partial charge in [-0.3, -0.25) is 39.9 Å². The minimum atomic E-state index is 0.738. The number of pyridine rings is 12. The molecule has 21 rings (SSSR count). The Hall–Kier alpha value is -16.7. The van der Waals surface area contributed by atoms with E-state index in [1.165, 1.54) is 0 Å². The van der Waals surface area contributed by atoms with Gasteiger partial charge in [-0.25, -0.2) is 29.9 Å². The van der Waals surface area contributed by atoms with Crippen LogP contribution >= 0.6 is 0 Å². The molecule has 0 saturated carbocycles. The van der Waals surface area contributed by atoms with Gasteiger partial charge < -0.3 is 9.97 Å². The lowest BCUT2D eigenvalue weighted by Crippen LogP contribution is -1.94. The highest BCUT2D eigenvalue weighted by molar-refractivity contribution is 6.01. The molecule has 4 aromatic carbocycles. The molecule has 0 fully saturated rings. The summed E-state index contributed by atoms with van der Waals surface area (Å²) >= 11 is 0. The monoisotopic (exact) mass is 1540 g/mol. The van der Waals surface area contributed by atoms with Crippen LogP contribution in [-0.4, -0.2) is 79.7 Å². The van der Waals surface area contributed by atoms with Crippen molar-refractivity contribution in [2.45, 2.75) is 0 Å². The Labute approximate surface area is 689 Å². The van der Waals surface area contributed by atoms with Crippen LogP contribution in [-0.2, 0) is 0 Å². The van der Waals surface area contributed by atoms with Crippen molar-refractivity contribution in [3.05, 3.63) is 388 Å². The molecule has 0 atom stereocenters. The lowest BCUT2D eigenvalue weighted by molar-refractivity contribution is 1.22. The van der Waals surface area contributed by atoms with Crippen molar-refractivity contribution in [3.8, 4) is 180 Å². The van der Waals surface area contributed by atoms with Crippen molar-refractivity contribution in [3.63, 3.8) is 0 Å². The largest absolute Gasteiger partial charge is 0.354 e. The lowest BCUT2D eigenvalue weighted by atomic mass is 9.98. The van der Waals surface area contributed by atoms with E-state index in [0.717, 1.165) is 225 Å². The average molecular weight is 1540 g/mol. The third-order valence-electron chi connectivity index (χ3n) is 21.5. The molecule has 16 heteroatoms. The Morgan fingerprint density at radius 3 is 0.467 bits per heavy atom. The maximum Gasteiger partial charge on any atom is 0.0900 e. The third-order valence-corrected chi connectivity index (χ3v) is 21.5. The number of fused-ring (bicyclic) bond motifs is 8. The fourth-order valence-electron chi connectivity index (χ4n) is 15.7. The number of benzene rings is 4. The SMILES string of the molecule is C1=Cc2nc1c(-c1ccc(-c3cc(-c4ccccn4)nc(-c4ccccn4)c3)cc1)c1ccc([nH]1)c(-c1ccc(-c3cc(-c4ccccn4)nc(-c4ccccn4)c3)cc1)c1nc(c(-c3ccc(-c4cc(-c5ccccn5)nc(-c5ccccn5)c4)cc3)c3ccc([nH]3)c2-c2ccc(-c3cc(-c4ccccn4)nc(-c4ccccn4)c3)cc2)C=C1. The number of nitrogens with zero attached hydrogens (tertiary/aromatic N) is 14. The molecule has 562 valence electrons.